The SMILES string of the molecule is O=C1[C@@H]2CC=C(Cl)C[C@H]2C(=O)N1Cc1ccoc1. The largest absolute Gasteiger partial charge is 0.472 e. The molecule has 18 heavy (non-hydrogen) atoms. The van der Waals surface area contributed by atoms with Crippen LogP contribution in [0.3, 0.4) is 0 Å². The summed E-state index contributed by atoms with van der Waals surface area (Å²) in [6.45, 7) is 0.290. The molecule has 2 atom stereocenters. The molecule has 1 aromatic rings. The van der Waals surface area contributed by atoms with Crippen molar-refractivity contribution in [2.75, 3.05) is 0 Å². The van der Waals surface area contributed by atoms with Crippen LogP contribution in [0.25, 0.3) is 0 Å². The van der Waals surface area contributed by atoms with Gasteiger partial charge in [0, 0.05) is 10.6 Å². The lowest BCUT2D eigenvalue weighted by Gasteiger charge is -2.17. The number of allylic oxidation sites excluding steroid dienone is 2. The van der Waals surface area contributed by atoms with Gasteiger partial charge in [-0.3, -0.25) is 14.5 Å². The Morgan fingerprint density at radius 1 is 1.33 bits per heavy atom. The van der Waals surface area contributed by atoms with Crippen molar-refractivity contribution in [1.29, 1.82) is 0 Å². The first-order chi connectivity index (χ1) is 8.66. The average molecular weight is 266 g/mol. The first kappa shape index (κ1) is 11.5. The Morgan fingerprint density at radius 2 is 2.11 bits per heavy atom. The molecule has 1 fully saturated rings. The van der Waals surface area contributed by atoms with E-state index in [0.717, 1.165) is 5.56 Å². The third-order valence-corrected chi connectivity index (χ3v) is 3.89. The van der Waals surface area contributed by atoms with Gasteiger partial charge < -0.3 is 4.42 Å². The van der Waals surface area contributed by atoms with Crippen LogP contribution in [0.15, 0.2) is 34.1 Å². The number of rotatable bonds is 2. The van der Waals surface area contributed by atoms with Crippen LogP contribution in [0.5, 0.6) is 0 Å². The van der Waals surface area contributed by atoms with Crippen LogP contribution in [0.2, 0.25) is 0 Å². The minimum absolute atomic E-state index is 0.0911. The van der Waals surface area contributed by atoms with Crippen molar-refractivity contribution in [1.82, 2.24) is 4.90 Å². The van der Waals surface area contributed by atoms with E-state index in [1.54, 1.807) is 12.3 Å². The molecule has 0 radical (unpaired) electrons. The van der Waals surface area contributed by atoms with Crippen molar-refractivity contribution in [3.8, 4) is 0 Å². The van der Waals surface area contributed by atoms with Gasteiger partial charge in [-0.1, -0.05) is 17.7 Å². The number of amides is 2. The van der Waals surface area contributed by atoms with Gasteiger partial charge in [-0.2, -0.15) is 0 Å². The molecule has 0 bridgehead atoms. The molecule has 1 saturated heterocycles. The molecule has 0 unspecified atom stereocenters. The fourth-order valence-corrected chi connectivity index (χ4v) is 2.87. The molecule has 0 aromatic carbocycles. The van der Waals surface area contributed by atoms with Crippen molar-refractivity contribution in [3.63, 3.8) is 0 Å². The van der Waals surface area contributed by atoms with Crippen molar-refractivity contribution in [3.05, 3.63) is 35.3 Å². The van der Waals surface area contributed by atoms with Crippen LogP contribution in [-0.4, -0.2) is 16.7 Å². The van der Waals surface area contributed by atoms with E-state index in [2.05, 4.69) is 0 Å². The summed E-state index contributed by atoms with van der Waals surface area (Å²) in [5.41, 5.74) is 0.828. The highest BCUT2D eigenvalue weighted by Gasteiger charge is 2.48. The molecule has 5 heteroatoms. The number of carbonyl (C=O) groups is 2. The monoisotopic (exact) mass is 265 g/mol. The highest BCUT2D eigenvalue weighted by molar-refractivity contribution is 6.30. The van der Waals surface area contributed by atoms with E-state index in [9.17, 15) is 9.59 Å². The second-order valence-corrected chi connectivity index (χ2v) is 5.18. The van der Waals surface area contributed by atoms with E-state index in [4.69, 9.17) is 16.0 Å². The summed E-state index contributed by atoms with van der Waals surface area (Å²) < 4.78 is 4.95. The van der Waals surface area contributed by atoms with Crippen LogP contribution in [0, 0.1) is 11.8 Å². The van der Waals surface area contributed by atoms with Crippen LogP contribution in [-0.2, 0) is 16.1 Å². The van der Waals surface area contributed by atoms with Crippen molar-refractivity contribution >= 4 is 23.4 Å². The maximum absolute atomic E-state index is 12.2. The molecule has 1 aromatic heterocycles. The lowest BCUT2D eigenvalue weighted by Crippen LogP contribution is -2.30. The number of halogens is 1. The Kier molecular flexibility index (Phi) is 2.74. The summed E-state index contributed by atoms with van der Waals surface area (Å²) in [5, 5.41) is 0.683. The zero-order chi connectivity index (χ0) is 12.7. The molecule has 1 aliphatic heterocycles. The molecule has 2 aliphatic rings. The molecule has 94 valence electrons. The summed E-state index contributed by atoms with van der Waals surface area (Å²) in [6.07, 6.45) is 5.98. The molecular weight excluding hydrogens is 254 g/mol. The van der Waals surface area contributed by atoms with E-state index in [1.807, 2.05) is 6.08 Å². The van der Waals surface area contributed by atoms with Gasteiger partial charge in [0.2, 0.25) is 11.8 Å². The number of furan rings is 1. The van der Waals surface area contributed by atoms with E-state index in [0.29, 0.717) is 24.4 Å². The van der Waals surface area contributed by atoms with Gasteiger partial charge in [0.1, 0.15) is 0 Å². The number of hydrogen-bond donors (Lipinski definition) is 0. The second kappa shape index (κ2) is 4.28. The number of likely N-dealkylation sites (tertiary alicyclic amines) is 1. The molecule has 2 heterocycles. The van der Waals surface area contributed by atoms with Crippen molar-refractivity contribution in [2.24, 2.45) is 11.8 Å². The quantitative estimate of drug-likeness (QED) is 0.771. The van der Waals surface area contributed by atoms with E-state index in [1.165, 1.54) is 11.2 Å². The molecule has 4 nitrogen and oxygen atoms in total. The minimum atomic E-state index is -0.276. The van der Waals surface area contributed by atoms with Crippen molar-refractivity contribution in [2.45, 2.75) is 19.4 Å². The zero-order valence-electron chi connectivity index (χ0n) is 9.64. The topological polar surface area (TPSA) is 50.5 Å². The Labute approximate surface area is 109 Å². The maximum Gasteiger partial charge on any atom is 0.233 e. The number of nitrogens with zero attached hydrogens (tertiary/aromatic N) is 1. The highest BCUT2D eigenvalue weighted by Crippen LogP contribution is 2.39. The molecule has 0 spiro atoms. The normalized spacial score (nSPS) is 27.4. The van der Waals surface area contributed by atoms with E-state index in [-0.39, 0.29) is 23.7 Å². The van der Waals surface area contributed by atoms with Gasteiger partial charge >= 0.3 is 0 Å². The van der Waals surface area contributed by atoms with Gasteiger partial charge in [0.05, 0.1) is 30.9 Å². The molecule has 3 rings (SSSR count). The molecule has 0 saturated carbocycles. The minimum Gasteiger partial charge on any atom is -0.472 e. The van der Waals surface area contributed by atoms with Gasteiger partial charge in [-0.05, 0) is 18.9 Å². The predicted molar refractivity (Wildman–Crippen MR) is 64.4 cm³/mol. The van der Waals surface area contributed by atoms with Gasteiger partial charge in [0.25, 0.3) is 0 Å². The lowest BCUT2D eigenvalue weighted by atomic mass is 9.85. The molecule has 1 aliphatic carbocycles. The number of hydrogen-bond acceptors (Lipinski definition) is 3. The standard InChI is InChI=1S/C13H12ClNO3/c14-9-1-2-10-11(5-9)13(17)15(12(10)16)6-8-3-4-18-7-8/h1,3-4,7,10-11H,2,5-6H2/t10-,11-/m1/s1. The lowest BCUT2D eigenvalue weighted by molar-refractivity contribution is -0.140. The number of carbonyl (C=O) groups excluding carboxylic acids is 2. The fraction of sp³-hybridized carbons (Fsp3) is 0.385. The maximum atomic E-state index is 12.2. The highest BCUT2D eigenvalue weighted by atomic mass is 35.5. The average Bonchev–Trinajstić information content (AvgIpc) is 2.93. The third-order valence-electron chi connectivity index (χ3n) is 3.58. The summed E-state index contributed by atoms with van der Waals surface area (Å²) >= 11 is 5.95. The van der Waals surface area contributed by atoms with E-state index >= 15 is 0 Å². The smallest absolute Gasteiger partial charge is 0.233 e. The van der Waals surface area contributed by atoms with Gasteiger partial charge in [-0.15, -0.1) is 0 Å². The van der Waals surface area contributed by atoms with Crippen LogP contribution in [0.4, 0.5) is 0 Å². The second-order valence-electron chi connectivity index (χ2n) is 4.70. The predicted octanol–water partition coefficient (Wildman–Crippen LogP) is 2.30. The number of fused-ring (bicyclic) bond motifs is 1. The van der Waals surface area contributed by atoms with Crippen LogP contribution < -0.4 is 0 Å². The summed E-state index contributed by atoms with van der Waals surface area (Å²) in [5.74, 6) is -0.710. The Hall–Kier alpha value is -1.55. The first-order valence-electron chi connectivity index (χ1n) is 5.87. The number of imide groups is 1. The first-order valence-corrected chi connectivity index (χ1v) is 6.25. The Bertz CT molecular complexity index is 520. The summed E-state index contributed by atoms with van der Waals surface area (Å²) in [7, 11) is 0. The molecular formula is C13H12ClNO3. The van der Waals surface area contributed by atoms with Crippen LogP contribution >= 0.6 is 11.6 Å². The Balaban J connectivity index is 1.82. The zero-order valence-corrected chi connectivity index (χ0v) is 10.4. The fourth-order valence-electron chi connectivity index (χ4n) is 2.62. The van der Waals surface area contributed by atoms with Crippen LogP contribution in [0.1, 0.15) is 18.4 Å². The van der Waals surface area contributed by atoms with Gasteiger partial charge in [-0.25, -0.2) is 0 Å². The molecule has 0 N–H and O–H groups in total. The Morgan fingerprint density at radius 3 is 2.83 bits per heavy atom. The van der Waals surface area contributed by atoms with Crippen molar-refractivity contribution < 1.29 is 14.0 Å². The summed E-state index contributed by atoms with van der Waals surface area (Å²) in [6, 6.07) is 1.76. The third kappa shape index (κ3) is 1.77. The van der Waals surface area contributed by atoms with Gasteiger partial charge in [0.15, 0.2) is 0 Å². The summed E-state index contributed by atoms with van der Waals surface area (Å²) in [4.78, 5) is 25.7. The molecule has 2 amide bonds. The van der Waals surface area contributed by atoms with E-state index < -0.39 is 0 Å².